The van der Waals surface area contributed by atoms with Crippen molar-refractivity contribution in [3.8, 4) is 11.4 Å². The summed E-state index contributed by atoms with van der Waals surface area (Å²) in [7, 11) is 3.82. The van der Waals surface area contributed by atoms with Crippen LogP contribution in [0.3, 0.4) is 0 Å². The number of aromatic nitrogens is 5. The molecule has 0 aliphatic carbocycles. The molecule has 1 atom stereocenters. The molecule has 1 unspecified atom stereocenters. The average Bonchev–Trinajstić information content (AvgIpc) is 3.19. The Morgan fingerprint density at radius 2 is 2.11 bits per heavy atom. The van der Waals surface area contributed by atoms with E-state index in [-0.39, 0.29) is 5.92 Å². The maximum atomic E-state index is 5.50. The van der Waals surface area contributed by atoms with E-state index in [2.05, 4.69) is 25.0 Å². The van der Waals surface area contributed by atoms with Gasteiger partial charge in [0.05, 0.1) is 5.92 Å². The number of aryl methyl sites for hydroxylation is 1. The minimum Gasteiger partial charge on any atom is -0.356 e. The molecule has 4 rings (SSSR count). The molecule has 0 aromatic carbocycles. The van der Waals surface area contributed by atoms with Gasteiger partial charge in [-0.3, -0.25) is 4.98 Å². The van der Waals surface area contributed by atoms with Gasteiger partial charge in [0.2, 0.25) is 5.89 Å². The summed E-state index contributed by atoms with van der Waals surface area (Å²) in [5, 5.41) is 4.05. The molecule has 0 N–H and O–H groups in total. The van der Waals surface area contributed by atoms with Crippen LogP contribution in [0.4, 0.5) is 11.8 Å². The number of piperidine rings is 1. The topological polar surface area (TPSA) is 84.1 Å². The van der Waals surface area contributed by atoms with E-state index < -0.39 is 0 Å². The molecule has 3 aromatic heterocycles. The van der Waals surface area contributed by atoms with Gasteiger partial charge in [-0.25, -0.2) is 9.97 Å². The Balaban J connectivity index is 1.58. The summed E-state index contributed by atoms with van der Waals surface area (Å²) in [5.74, 6) is 3.14. The lowest BCUT2D eigenvalue weighted by Gasteiger charge is -2.32. The Kier molecular flexibility index (Phi) is 4.70. The normalized spacial score (nSPS) is 17.1. The van der Waals surface area contributed by atoms with E-state index >= 15 is 0 Å². The van der Waals surface area contributed by atoms with Crippen LogP contribution in [0.15, 0.2) is 35.1 Å². The third-order valence-electron chi connectivity index (χ3n) is 4.69. The van der Waals surface area contributed by atoms with Gasteiger partial charge >= 0.3 is 0 Å². The summed E-state index contributed by atoms with van der Waals surface area (Å²) in [4.78, 5) is 22.2. The maximum Gasteiger partial charge on any atom is 0.265 e. The second-order valence-corrected chi connectivity index (χ2v) is 7.05. The summed E-state index contributed by atoms with van der Waals surface area (Å²) in [6.45, 7) is 3.75. The first-order valence-corrected chi connectivity index (χ1v) is 9.12. The van der Waals surface area contributed by atoms with Gasteiger partial charge in [-0.1, -0.05) is 0 Å². The highest BCUT2D eigenvalue weighted by Crippen LogP contribution is 2.30. The Morgan fingerprint density at radius 3 is 2.85 bits per heavy atom. The van der Waals surface area contributed by atoms with Crippen LogP contribution in [0.2, 0.25) is 0 Å². The van der Waals surface area contributed by atoms with Crippen molar-refractivity contribution in [2.24, 2.45) is 0 Å². The van der Waals surface area contributed by atoms with Crippen LogP contribution in [-0.4, -0.2) is 52.3 Å². The predicted molar refractivity (Wildman–Crippen MR) is 103 cm³/mol. The van der Waals surface area contributed by atoms with Crippen LogP contribution in [0, 0.1) is 6.92 Å². The van der Waals surface area contributed by atoms with Crippen molar-refractivity contribution in [1.82, 2.24) is 25.1 Å². The van der Waals surface area contributed by atoms with Crippen molar-refractivity contribution >= 4 is 11.8 Å². The number of hydrogen-bond acceptors (Lipinski definition) is 8. The molecule has 1 saturated heterocycles. The fraction of sp³-hybridized carbons (Fsp3) is 0.421. The smallest absolute Gasteiger partial charge is 0.265 e. The van der Waals surface area contributed by atoms with Crippen LogP contribution in [-0.2, 0) is 0 Å². The third-order valence-corrected chi connectivity index (χ3v) is 4.69. The van der Waals surface area contributed by atoms with Crippen LogP contribution in [0.5, 0.6) is 0 Å². The van der Waals surface area contributed by atoms with E-state index in [0.29, 0.717) is 17.7 Å². The van der Waals surface area contributed by atoms with Crippen molar-refractivity contribution in [1.29, 1.82) is 0 Å². The van der Waals surface area contributed by atoms with Crippen LogP contribution < -0.4 is 9.80 Å². The predicted octanol–water partition coefficient (Wildman–Crippen LogP) is 2.68. The molecule has 27 heavy (non-hydrogen) atoms. The molecule has 3 aromatic rings. The molecule has 1 fully saturated rings. The van der Waals surface area contributed by atoms with Gasteiger partial charge in [-0.2, -0.15) is 4.98 Å². The maximum absolute atomic E-state index is 5.50. The van der Waals surface area contributed by atoms with Gasteiger partial charge in [-0.15, -0.1) is 0 Å². The summed E-state index contributed by atoms with van der Waals surface area (Å²) in [6.07, 6.45) is 5.63. The van der Waals surface area contributed by atoms with Crippen LogP contribution in [0.25, 0.3) is 11.4 Å². The Labute approximate surface area is 158 Å². The SMILES string of the molecule is Cc1cc(N2CCCC(c3nc(N(C)C)no3)C2)nc(-c2cccnc2)n1. The molecule has 0 bridgehead atoms. The van der Waals surface area contributed by atoms with Gasteiger partial charge in [-0.05, 0) is 37.1 Å². The van der Waals surface area contributed by atoms with Gasteiger partial charge in [0.1, 0.15) is 5.82 Å². The molecule has 0 radical (unpaired) electrons. The van der Waals surface area contributed by atoms with Gasteiger partial charge in [0.25, 0.3) is 5.95 Å². The zero-order chi connectivity index (χ0) is 18.8. The number of rotatable bonds is 4. The molecule has 8 nitrogen and oxygen atoms in total. The molecular formula is C19H23N7O. The average molecular weight is 365 g/mol. The van der Waals surface area contributed by atoms with Gasteiger partial charge in [0, 0.05) is 56.9 Å². The van der Waals surface area contributed by atoms with Crippen molar-refractivity contribution in [2.45, 2.75) is 25.7 Å². The lowest BCUT2D eigenvalue weighted by molar-refractivity contribution is 0.332. The largest absolute Gasteiger partial charge is 0.356 e. The summed E-state index contributed by atoms with van der Waals surface area (Å²) in [5.41, 5.74) is 1.86. The highest BCUT2D eigenvalue weighted by molar-refractivity contribution is 5.57. The van der Waals surface area contributed by atoms with E-state index in [1.54, 1.807) is 12.4 Å². The summed E-state index contributed by atoms with van der Waals surface area (Å²) < 4.78 is 5.50. The molecule has 1 aliphatic heterocycles. The van der Waals surface area contributed by atoms with E-state index in [1.807, 2.05) is 44.1 Å². The molecule has 8 heteroatoms. The molecule has 4 heterocycles. The molecule has 0 spiro atoms. The zero-order valence-electron chi connectivity index (χ0n) is 15.8. The highest BCUT2D eigenvalue weighted by Gasteiger charge is 2.27. The number of nitrogens with zero attached hydrogens (tertiary/aromatic N) is 7. The fourth-order valence-corrected chi connectivity index (χ4v) is 3.30. The van der Waals surface area contributed by atoms with Crippen LogP contribution in [0.1, 0.15) is 30.3 Å². The first kappa shape index (κ1) is 17.4. The minimum absolute atomic E-state index is 0.206. The molecule has 1 aliphatic rings. The molecular weight excluding hydrogens is 342 g/mol. The van der Waals surface area contributed by atoms with Crippen molar-refractivity contribution in [3.05, 3.63) is 42.2 Å². The van der Waals surface area contributed by atoms with Gasteiger partial charge in [0.15, 0.2) is 5.82 Å². The molecule has 0 saturated carbocycles. The monoisotopic (exact) mass is 365 g/mol. The highest BCUT2D eigenvalue weighted by atomic mass is 16.5. The van der Waals surface area contributed by atoms with E-state index in [0.717, 1.165) is 43.0 Å². The van der Waals surface area contributed by atoms with E-state index in [4.69, 9.17) is 9.51 Å². The Hall–Kier alpha value is -3.03. The van der Waals surface area contributed by atoms with E-state index in [1.165, 1.54) is 0 Å². The molecule has 140 valence electrons. The zero-order valence-corrected chi connectivity index (χ0v) is 15.8. The second-order valence-electron chi connectivity index (χ2n) is 7.05. The fourth-order valence-electron chi connectivity index (χ4n) is 3.30. The first-order valence-electron chi connectivity index (χ1n) is 9.12. The van der Waals surface area contributed by atoms with Crippen molar-refractivity contribution in [2.75, 3.05) is 37.0 Å². The Bertz CT molecular complexity index is 909. The lowest BCUT2D eigenvalue weighted by atomic mass is 9.98. The number of pyridine rings is 1. The standard InChI is InChI=1S/C19H23N7O/c1-13-10-16(22-17(21-13)14-6-4-8-20-11-14)26-9-5-7-15(12-26)18-23-19(24-27-18)25(2)3/h4,6,8,10-11,15H,5,7,9,12H2,1-3H3. The number of hydrogen-bond donors (Lipinski definition) is 0. The summed E-state index contributed by atoms with van der Waals surface area (Å²) in [6, 6.07) is 5.91. The van der Waals surface area contributed by atoms with Crippen molar-refractivity contribution < 1.29 is 4.52 Å². The minimum atomic E-state index is 0.206. The lowest BCUT2D eigenvalue weighted by Crippen LogP contribution is -2.35. The number of anilines is 2. The third kappa shape index (κ3) is 3.74. The first-order chi connectivity index (χ1) is 13.1. The second kappa shape index (κ2) is 7.30. The Morgan fingerprint density at radius 1 is 1.22 bits per heavy atom. The molecule has 0 amide bonds. The van der Waals surface area contributed by atoms with Gasteiger partial charge < -0.3 is 14.3 Å². The van der Waals surface area contributed by atoms with Crippen LogP contribution >= 0.6 is 0 Å². The quantitative estimate of drug-likeness (QED) is 0.698. The summed E-state index contributed by atoms with van der Waals surface area (Å²) >= 11 is 0. The van der Waals surface area contributed by atoms with E-state index in [9.17, 15) is 0 Å². The van der Waals surface area contributed by atoms with Crippen molar-refractivity contribution in [3.63, 3.8) is 0 Å².